The molecule has 7 nitrogen and oxygen atoms in total. The minimum Gasteiger partial charge on any atom is -0.490 e. The van der Waals surface area contributed by atoms with Gasteiger partial charge >= 0.3 is 0 Å². The maximum absolute atomic E-state index is 13.5. The van der Waals surface area contributed by atoms with Gasteiger partial charge in [0.15, 0.2) is 0 Å². The fourth-order valence-electron chi connectivity index (χ4n) is 7.12. The molecule has 0 aliphatic carbocycles. The molecule has 4 aliphatic rings. The second-order valence-corrected chi connectivity index (χ2v) is 11.7. The molecule has 210 valence electrons. The Hall–Kier alpha value is -2.68. The Morgan fingerprint density at radius 2 is 1.87 bits per heavy atom. The molecule has 4 aliphatic heterocycles. The van der Waals surface area contributed by atoms with E-state index in [0.29, 0.717) is 48.8 Å². The lowest BCUT2D eigenvalue weighted by Crippen LogP contribution is -2.47. The Bertz CT molecular complexity index is 1160. The number of carbonyl (C=O) groups is 1. The quantitative estimate of drug-likeness (QED) is 0.555. The molecule has 1 amide bonds. The van der Waals surface area contributed by atoms with Crippen molar-refractivity contribution in [2.24, 2.45) is 0 Å². The standard InChI is InChI=1S/C31H40FN3O4/c1-21-17-34(20-26(36)19-33-12-10-22-4-2-3-5-23(22)18-33)31(37)29-9-8-27(16-30(29)38-21)39-28-14-24-6-7-25(15-28)35(24)13-11-32/h2-5,8-9,16,21,24-26,28,36H,6-7,10-15,17-20H2,1H3/t21-,24?,25?,26?,28?/m1/s1. The summed E-state index contributed by atoms with van der Waals surface area (Å²) in [5.74, 6) is 1.12. The van der Waals surface area contributed by atoms with Crippen molar-refractivity contribution in [1.82, 2.24) is 14.7 Å². The largest absolute Gasteiger partial charge is 0.490 e. The van der Waals surface area contributed by atoms with Crippen molar-refractivity contribution >= 4 is 5.91 Å². The molecule has 4 heterocycles. The maximum Gasteiger partial charge on any atom is 0.257 e. The van der Waals surface area contributed by atoms with Crippen LogP contribution in [-0.4, -0.2) is 95.5 Å². The van der Waals surface area contributed by atoms with E-state index in [1.165, 1.54) is 11.1 Å². The monoisotopic (exact) mass is 537 g/mol. The zero-order valence-electron chi connectivity index (χ0n) is 22.8. The Morgan fingerprint density at radius 3 is 2.64 bits per heavy atom. The van der Waals surface area contributed by atoms with Crippen molar-refractivity contribution < 1.29 is 23.8 Å². The number of amides is 1. The van der Waals surface area contributed by atoms with Gasteiger partial charge in [-0.1, -0.05) is 24.3 Å². The molecular formula is C31H40FN3O4. The molecule has 39 heavy (non-hydrogen) atoms. The molecule has 2 fully saturated rings. The van der Waals surface area contributed by atoms with Gasteiger partial charge < -0.3 is 19.5 Å². The molecule has 6 rings (SSSR count). The Labute approximate surface area is 230 Å². The lowest BCUT2D eigenvalue weighted by molar-refractivity contribution is 0.0449. The summed E-state index contributed by atoms with van der Waals surface area (Å²) in [6, 6.07) is 14.7. The number of nitrogens with zero attached hydrogens (tertiary/aromatic N) is 3. The summed E-state index contributed by atoms with van der Waals surface area (Å²) in [7, 11) is 0. The summed E-state index contributed by atoms with van der Waals surface area (Å²) in [5.41, 5.74) is 3.20. The number of hydrogen-bond acceptors (Lipinski definition) is 6. The summed E-state index contributed by atoms with van der Waals surface area (Å²) in [6.07, 6.45) is 4.23. The van der Waals surface area contributed by atoms with Crippen molar-refractivity contribution in [3.63, 3.8) is 0 Å². The highest BCUT2D eigenvalue weighted by molar-refractivity contribution is 5.97. The molecule has 0 radical (unpaired) electrons. The predicted molar refractivity (Wildman–Crippen MR) is 147 cm³/mol. The van der Waals surface area contributed by atoms with E-state index < -0.39 is 6.10 Å². The highest BCUT2D eigenvalue weighted by Crippen LogP contribution is 2.38. The van der Waals surface area contributed by atoms with Crippen molar-refractivity contribution in [2.75, 3.05) is 39.4 Å². The molecule has 2 bridgehead atoms. The van der Waals surface area contributed by atoms with Crippen molar-refractivity contribution in [1.29, 1.82) is 0 Å². The number of carbonyl (C=O) groups excluding carboxylic acids is 1. The number of β-amino-alcohol motifs (C(OH)–C–C–N with tert-alkyl or cyclic N) is 1. The van der Waals surface area contributed by atoms with E-state index in [4.69, 9.17) is 9.47 Å². The first-order valence-corrected chi connectivity index (χ1v) is 14.5. The lowest BCUT2D eigenvalue weighted by atomic mass is 9.99. The number of halogens is 1. The highest BCUT2D eigenvalue weighted by Gasteiger charge is 2.41. The normalized spacial score (nSPS) is 27.9. The van der Waals surface area contributed by atoms with Crippen molar-refractivity contribution in [3.8, 4) is 11.5 Å². The maximum atomic E-state index is 13.5. The van der Waals surface area contributed by atoms with Crippen LogP contribution in [0.1, 0.15) is 54.1 Å². The fraction of sp³-hybridized carbons (Fsp3) is 0.581. The minimum atomic E-state index is -0.644. The van der Waals surface area contributed by atoms with Gasteiger partial charge in [-0.2, -0.15) is 0 Å². The molecule has 3 unspecified atom stereocenters. The van der Waals surface area contributed by atoms with Crippen LogP contribution >= 0.6 is 0 Å². The van der Waals surface area contributed by atoms with E-state index in [9.17, 15) is 14.3 Å². The first kappa shape index (κ1) is 26.5. The molecule has 0 saturated carbocycles. The third-order valence-electron chi connectivity index (χ3n) is 8.87. The van der Waals surface area contributed by atoms with Crippen LogP contribution in [0.5, 0.6) is 11.5 Å². The van der Waals surface area contributed by atoms with E-state index in [1.54, 1.807) is 11.0 Å². The Balaban J connectivity index is 1.08. The van der Waals surface area contributed by atoms with Gasteiger partial charge in [-0.15, -0.1) is 0 Å². The van der Waals surface area contributed by atoms with Crippen LogP contribution in [0.15, 0.2) is 42.5 Å². The molecule has 1 N–H and O–H groups in total. The smallest absolute Gasteiger partial charge is 0.257 e. The van der Waals surface area contributed by atoms with Crippen LogP contribution in [0, 0.1) is 0 Å². The van der Waals surface area contributed by atoms with Crippen LogP contribution in [0.3, 0.4) is 0 Å². The van der Waals surface area contributed by atoms with Gasteiger partial charge in [-0.25, -0.2) is 4.39 Å². The summed E-state index contributed by atoms with van der Waals surface area (Å²) in [4.78, 5) is 19.8. The van der Waals surface area contributed by atoms with E-state index >= 15 is 0 Å². The number of ether oxygens (including phenoxy) is 2. The second kappa shape index (κ2) is 11.4. The molecule has 4 atom stereocenters. The van der Waals surface area contributed by atoms with E-state index in [2.05, 4.69) is 34.1 Å². The number of piperidine rings is 1. The van der Waals surface area contributed by atoms with Crippen LogP contribution in [0.25, 0.3) is 0 Å². The third-order valence-corrected chi connectivity index (χ3v) is 8.87. The average Bonchev–Trinajstić information content (AvgIpc) is 3.08. The van der Waals surface area contributed by atoms with Gasteiger partial charge in [-0.3, -0.25) is 14.6 Å². The van der Waals surface area contributed by atoms with Gasteiger partial charge in [0.1, 0.15) is 30.4 Å². The zero-order valence-corrected chi connectivity index (χ0v) is 22.8. The van der Waals surface area contributed by atoms with Crippen LogP contribution < -0.4 is 9.47 Å². The second-order valence-electron chi connectivity index (χ2n) is 11.7. The fourth-order valence-corrected chi connectivity index (χ4v) is 7.12. The molecule has 2 saturated heterocycles. The molecular weight excluding hydrogens is 497 g/mol. The van der Waals surface area contributed by atoms with Gasteiger partial charge in [0, 0.05) is 50.9 Å². The van der Waals surface area contributed by atoms with Gasteiger partial charge in [-0.05, 0) is 62.3 Å². The highest BCUT2D eigenvalue weighted by atomic mass is 19.1. The Kier molecular flexibility index (Phi) is 7.78. The predicted octanol–water partition coefficient (Wildman–Crippen LogP) is 3.67. The first-order chi connectivity index (χ1) is 19.0. The van der Waals surface area contributed by atoms with E-state index in [-0.39, 0.29) is 31.3 Å². The van der Waals surface area contributed by atoms with E-state index in [0.717, 1.165) is 45.2 Å². The minimum absolute atomic E-state index is 0.0868. The Morgan fingerprint density at radius 1 is 1.10 bits per heavy atom. The SMILES string of the molecule is C[C@@H]1CN(CC(O)CN2CCc3ccccc3C2)C(=O)c2ccc(OC3CC4CCC(C3)N4CCF)cc2O1. The lowest BCUT2D eigenvalue weighted by Gasteiger charge is -2.38. The molecule has 2 aromatic rings. The topological polar surface area (TPSA) is 65.5 Å². The summed E-state index contributed by atoms with van der Waals surface area (Å²) < 4.78 is 25.5. The summed E-state index contributed by atoms with van der Waals surface area (Å²) in [6.45, 7) is 5.11. The zero-order chi connectivity index (χ0) is 26.9. The third kappa shape index (κ3) is 5.79. The molecule has 0 aromatic heterocycles. The number of fused-ring (bicyclic) bond motifs is 4. The van der Waals surface area contributed by atoms with Crippen LogP contribution in [0.2, 0.25) is 0 Å². The van der Waals surface area contributed by atoms with Crippen molar-refractivity contribution in [3.05, 3.63) is 59.2 Å². The van der Waals surface area contributed by atoms with Gasteiger partial charge in [0.05, 0.1) is 18.2 Å². The number of aliphatic hydroxyl groups excluding tert-OH is 1. The first-order valence-electron chi connectivity index (χ1n) is 14.5. The molecule has 8 heteroatoms. The number of alkyl halides is 1. The van der Waals surface area contributed by atoms with Crippen molar-refractivity contribution in [2.45, 2.75) is 76.0 Å². The van der Waals surface area contributed by atoms with Crippen LogP contribution in [0.4, 0.5) is 4.39 Å². The molecule has 2 aromatic carbocycles. The van der Waals surface area contributed by atoms with Gasteiger partial charge in [0.25, 0.3) is 5.91 Å². The average molecular weight is 538 g/mol. The van der Waals surface area contributed by atoms with Crippen LogP contribution in [-0.2, 0) is 13.0 Å². The van der Waals surface area contributed by atoms with Gasteiger partial charge in [0.2, 0.25) is 0 Å². The van der Waals surface area contributed by atoms with E-state index in [1.807, 2.05) is 19.1 Å². The number of aliphatic hydroxyl groups is 1. The summed E-state index contributed by atoms with van der Waals surface area (Å²) in [5, 5.41) is 11.0. The number of hydrogen-bond donors (Lipinski definition) is 1. The molecule has 0 spiro atoms. The summed E-state index contributed by atoms with van der Waals surface area (Å²) >= 11 is 0. The number of benzene rings is 2. The number of rotatable bonds is 8.